The average Bonchev–Trinajstić information content (AvgIpc) is 2.68. The molecular weight excluding hydrogens is 374 g/mol. The van der Waals surface area contributed by atoms with Gasteiger partial charge in [0.15, 0.2) is 0 Å². The van der Waals surface area contributed by atoms with Gasteiger partial charge < -0.3 is 10.2 Å². The summed E-state index contributed by atoms with van der Waals surface area (Å²) in [6, 6.07) is 15.7. The number of nitrogens with one attached hydrogen (secondary N) is 1. The van der Waals surface area contributed by atoms with Crippen LogP contribution in [-0.4, -0.2) is 48.3 Å². The van der Waals surface area contributed by atoms with Crippen LogP contribution in [-0.2, 0) is 16.8 Å². The molecule has 0 aliphatic rings. The van der Waals surface area contributed by atoms with Gasteiger partial charge in [0.25, 0.3) is 5.91 Å². The molecule has 0 saturated carbocycles. The van der Waals surface area contributed by atoms with Crippen LogP contribution in [0.25, 0.3) is 0 Å². The number of carbonyl (C=O) groups is 2. The van der Waals surface area contributed by atoms with Crippen LogP contribution in [0.5, 0.6) is 0 Å². The molecule has 0 atom stereocenters. The minimum Gasteiger partial charge on any atom is -0.339 e. The van der Waals surface area contributed by atoms with Crippen molar-refractivity contribution in [3.8, 4) is 0 Å². The second kappa shape index (κ2) is 10.4. The Morgan fingerprint density at radius 1 is 0.967 bits per heavy atom. The molecule has 5 heteroatoms. The van der Waals surface area contributed by atoms with E-state index in [-0.39, 0.29) is 23.8 Å². The highest BCUT2D eigenvalue weighted by molar-refractivity contribution is 5.97. The van der Waals surface area contributed by atoms with E-state index in [0.717, 1.165) is 0 Å². The summed E-state index contributed by atoms with van der Waals surface area (Å²) in [6.45, 7) is 12.8. The number of rotatable bonds is 8. The first-order valence-corrected chi connectivity index (χ1v) is 10.6. The van der Waals surface area contributed by atoms with Crippen LogP contribution in [0, 0.1) is 0 Å². The Balaban J connectivity index is 1.94. The monoisotopic (exact) mass is 409 g/mol. The van der Waals surface area contributed by atoms with Crippen molar-refractivity contribution in [1.29, 1.82) is 0 Å². The smallest absolute Gasteiger partial charge is 0.253 e. The normalized spacial score (nSPS) is 11.4. The Morgan fingerprint density at radius 3 is 2.17 bits per heavy atom. The highest BCUT2D eigenvalue weighted by Crippen LogP contribution is 2.22. The summed E-state index contributed by atoms with van der Waals surface area (Å²) in [5, 5.41) is 2.91. The minimum absolute atomic E-state index is 0.0214. The van der Waals surface area contributed by atoms with Gasteiger partial charge in [-0.15, -0.1) is 0 Å². The van der Waals surface area contributed by atoms with Crippen LogP contribution in [0.2, 0.25) is 0 Å². The lowest BCUT2D eigenvalue weighted by Gasteiger charge is -2.21. The number of hydrogen-bond donors (Lipinski definition) is 1. The van der Waals surface area contributed by atoms with Gasteiger partial charge in [-0.05, 0) is 55.6 Å². The zero-order valence-electron chi connectivity index (χ0n) is 19.2. The van der Waals surface area contributed by atoms with E-state index < -0.39 is 0 Å². The van der Waals surface area contributed by atoms with Crippen molar-refractivity contribution in [1.82, 2.24) is 9.80 Å². The molecule has 0 aliphatic heterocycles. The van der Waals surface area contributed by atoms with Gasteiger partial charge in [-0.1, -0.05) is 51.1 Å². The van der Waals surface area contributed by atoms with Crippen molar-refractivity contribution in [2.45, 2.75) is 46.6 Å². The van der Waals surface area contributed by atoms with E-state index in [0.29, 0.717) is 30.9 Å². The quantitative estimate of drug-likeness (QED) is 0.697. The zero-order chi connectivity index (χ0) is 22.3. The molecule has 0 heterocycles. The number of hydrogen-bond acceptors (Lipinski definition) is 3. The van der Waals surface area contributed by atoms with E-state index in [2.05, 4.69) is 50.4 Å². The van der Waals surface area contributed by atoms with Crippen LogP contribution in [0.1, 0.15) is 56.1 Å². The van der Waals surface area contributed by atoms with Gasteiger partial charge in [0.1, 0.15) is 0 Å². The Bertz CT molecular complexity index is 849. The highest BCUT2D eigenvalue weighted by atomic mass is 16.2. The van der Waals surface area contributed by atoms with Crippen LogP contribution in [0.4, 0.5) is 5.69 Å². The fraction of sp³-hybridized carbons (Fsp3) is 0.440. The van der Waals surface area contributed by atoms with Crippen LogP contribution in [0.15, 0.2) is 48.5 Å². The van der Waals surface area contributed by atoms with Crippen molar-refractivity contribution in [2.75, 3.05) is 32.0 Å². The van der Waals surface area contributed by atoms with Gasteiger partial charge >= 0.3 is 0 Å². The van der Waals surface area contributed by atoms with Gasteiger partial charge in [0.2, 0.25) is 5.91 Å². The Labute approximate surface area is 181 Å². The number of carbonyl (C=O) groups excluding carboxylic acids is 2. The topological polar surface area (TPSA) is 52.7 Å². The first-order chi connectivity index (χ1) is 14.1. The molecule has 5 nitrogen and oxygen atoms in total. The van der Waals surface area contributed by atoms with E-state index >= 15 is 0 Å². The summed E-state index contributed by atoms with van der Waals surface area (Å²) >= 11 is 0. The summed E-state index contributed by atoms with van der Waals surface area (Å²) in [5.41, 5.74) is 3.83. The SMILES string of the molecule is CCN(CC)C(=O)c1cccc(NC(=O)CN(C)Cc2ccc(C(C)(C)C)cc2)c1. The predicted molar refractivity (Wildman–Crippen MR) is 124 cm³/mol. The molecule has 2 aromatic carbocycles. The number of nitrogens with zero attached hydrogens (tertiary/aromatic N) is 2. The van der Waals surface area contributed by atoms with Gasteiger partial charge in [-0.25, -0.2) is 0 Å². The maximum absolute atomic E-state index is 12.5. The average molecular weight is 410 g/mol. The summed E-state index contributed by atoms with van der Waals surface area (Å²) in [6.07, 6.45) is 0. The third kappa shape index (κ3) is 6.70. The molecular formula is C25H35N3O2. The fourth-order valence-corrected chi connectivity index (χ4v) is 3.35. The number of anilines is 1. The van der Waals surface area contributed by atoms with E-state index in [1.165, 1.54) is 11.1 Å². The second-order valence-corrected chi connectivity index (χ2v) is 8.73. The first kappa shape index (κ1) is 23.6. The molecule has 2 aromatic rings. The maximum Gasteiger partial charge on any atom is 0.253 e. The van der Waals surface area contributed by atoms with Crippen molar-refractivity contribution in [3.63, 3.8) is 0 Å². The Hall–Kier alpha value is -2.66. The lowest BCUT2D eigenvalue weighted by molar-refractivity contribution is -0.117. The van der Waals surface area contributed by atoms with Crippen LogP contribution >= 0.6 is 0 Å². The summed E-state index contributed by atoms with van der Waals surface area (Å²) in [4.78, 5) is 28.7. The summed E-state index contributed by atoms with van der Waals surface area (Å²) < 4.78 is 0. The van der Waals surface area contributed by atoms with Crippen LogP contribution in [0.3, 0.4) is 0 Å². The Morgan fingerprint density at radius 2 is 1.60 bits per heavy atom. The molecule has 0 radical (unpaired) electrons. The number of amides is 2. The molecule has 0 aliphatic carbocycles. The van der Waals surface area contributed by atoms with Crippen molar-refractivity contribution in [3.05, 3.63) is 65.2 Å². The molecule has 2 rings (SSSR count). The summed E-state index contributed by atoms with van der Waals surface area (Å²) in [5.74, 6) is -0.122. The molecule has 0 fully saturated rings. The molecule has 0 saturated heterocycles. The number of benzene rings is 2. The minimum atomic E-state index is -0.101. The second-order valence-electron chi connectivity index (χ2n) is 8.73. The zero-order valence-corrected chi connectivity index (χ0v) is 19.2. The van der Waals surface area contributed by atoms with Gasteiger partial charge in [-0.3, -0.25) is 14.5 Å². The third-order valence-electron chi connectivity index (χ3n) is 5.13. The highest BCUT2D eigenvalue weighted by Gasteiger charge is 2.15. The molecule has 2 amide bonds. The molecule has 30 heavy (non-hydrogen) atoms. The van der Waals surface area contributed by atoms with Gasteiger partial charge in [-0.2, -0.15) is 0 Å². The molecule has 162 valence electrons. The van der Waals surface area contributed by atoms with E-state index in [1.807, 2.05) is 31.9 Å². The number of likely N-dealkylation sites (N-methyl/N-ethyl adjacent to an activating group) is 1. The molecule has 0 aromatic heterocycles. The molecule has 0 spiro atoms. The van der Waals surface area contributed by atoms with Crippen molar-refractivity contribution >= 4 is 17.5 Å². The van der Waals surface area contributed by atoms with Gasteiger partial charge in [0.05, 0.1) is 6.54 Å². The lowest BCUT2D eigenvalue weighted by atomic mass is 9.87. The van der Waals surface area contributed by atoms with E-state index in [9.17, 15) is 9.59 Å². The molecule has 1 N–H and O–H groups in total. The van der Waals surface area contributed by atoms with E-state index in [4.69, 9.17) is 0 Å². The maximum atomic E-state index is 12.5. The fourth-order valence-electron chi connectivity index (χ4n) is 3.35. The largest absolute Gasteiger partial charge is 0.339 e. The first-order valence-electron chi connectivity index (χ1n) is 10.6. The molecule has 0 unspecified atom stereocenters. The predicted octanol–water partition coefficient (Wildman–Crippen LogP) is 4.54. The molecule has 0 bridgehead atoms. The van der Waals surface area contributed by atoms with Crippen LogP contribution < -0.4 is 5.32 Å². The van der Waals surface area contributed by atoms with Crippen molar-refractivity contribution < 1.29 is 9.59 Å². The Kier molecular flexibility index (Phi) is 8.18. The standard InChI is InChI=1S/C25H35N3O2/c1-7-28(8-2)24(30)20-10-9-11-22(16-20)26-23(29)18-27(6)17-19-12-14-21(15-13-19)25(3,4)5/h9-16H,7-8,17-18H2,1-6H3,(H,26,29). The van der Waals surface area contributed by atoms with Gasteiger partial charge in [0, 0.05) is 30.9 Å². The third-order valence-corrected chi connectivity index (χ3v) is 5.13. The van der Waals surface area contributed by atoms with E-state index in [1.54, 1.807) is 23.1 Å². The van der Waals surface area contributed by atoms with Crippen molar-refractivity contribution in [2.24, 2.45) is 0 Å². The lowest BCUT2D eigenvalue weighted by Crippen LogP contribution is -2.31. The summed E-state index contributed by atoms with van der Waals surface area (Å²) in [7, 11) is 1.93.